The SMILES string of the molecule is Cc1cc(C)c(OCC2CO2)cc1OCC1CO1. The fourth-order valence-electron chi connectivity index (χ4n) is 1.82. The van der Waals surface area contributed by atoms with E-state index in [-0.39, 0.29) is 12.2 Å². The molecular formula is C14H18O4. The molecule has 0 saturated carbocycles. The number of epoxide rings is 2. The predicted molar refractivity (Wildman–Crippen MR) is 66.4 cm³/mol. The van der Waals surface area contributed by atoms with Gasteiger partial charge in [-0.1, -0.05) is 0 Å². The van der Waals surface area contributed by atoms with Gasteiger partial charge in [0.25, 0.3) is 0 Å². The monoisotopic (exact) mass is 250 g/mol. The molecule has 4 nitrogen and oxygen atoms in total. The second kappa shape index (κ2) is 4.78. The van der Waals surface area contributed by atoms with Gasteiger partial charge in [0.2, 0.25) is 0 Å². The van der Waals surface area contributed by atoms with Crippen molar-refractivity contribution in [2.24, 2.45) is 0 Å². The van der Waals surface area contributed by atoms with E-state index in [4.69, 9.17) is 18.9 Å². The minimum atomic E-state index is 0.273. The van der Waals surface area contributed by atoms with Crippen molar-refractivity contribution < 1.29 is 18.9 Å². The van der Waals surface area contributed by atoms with Crippen molar-refractivity contribution in [3.05, 3.63) is 23.3 Å². The molecule has 0 aromatic heterocycles. The zero-order valence-electron chi connectivity index (χ0n) is 10.8. The maximum Gasteiger partial charge on any atom is 0.126 e. The highest BCUT2D eigenvalue weighted by Gasteiger charge is 2.25. The van der Waals surface area contributed by atoms with E-state index in [0.29, 0.717) is 13.2 Å². The standard InChI is InChI=1S/C14H18O4/c1-9-3-10(2)14(18-8-12-6-16-12)4-13(9)17-7-11-5-15-11/h3-4,11-12H,5-8H2,1-2H3. The van der Waals surface area contributed by atoms with E-state index in [0.717, 1.165) is 35.8 Å². The first-order valence-electron chi connectivity index (χ1n) is 6.32. The number of benzene rings is 1. The minimum absolute atomic E-state index is 0.273. The zero-order valence-corrected chi connectivity index (χ0v) is 10.8. The Balaban J connectivity index is 1.67. The molecule has 2 fully saturated rings. The van der Waals surface area contributed by atoms with Gasteiger partial charge < -0.3 is 18.9 Å². The zero-order chi connectivity index (χ0) is 12.5. The third-order valence-corrected chi connectivity index (χ3v) is 3.13. The molecular weight excluding hydrogens is 232 g/mol. The highest BCUT2D eigenvalue weighted by Crippen LogP contribution is 2.29. The summed E-state index contributed by atoms with van der Waals surface area (Å²) in [4.78, 5) is 0. The lowest BCUT2D eigenvalue weighted by atomic mass is 10.1. The van der Waals surface area contributed by atoms with Gasteiger partial charge in [0, 0.05) is 6.07 Å². The first kappa shape index (κ1) is 11.8. The summed E-state index contributed by atoms with van der Waals surface area (Å²) in [6.07, 6.45) is 0.546. The summed E-state index contributed by atoms with van der Waals surface area (Å²) in [5.74, 6) is 1.76. The molecule has 0 amide bonds. The molecule has 0 N–H and O–H groups in total. The molecule has 2 saturated heterocycles. The highest BCUT2D eigenvalue weighted by molar-refractivity contribution is 5.45. The van der Waals surface area contributed by atoms with E-state index < -0.39 is 0 Å². The normalized spacial score (nSPS) is 24.8. The van der Waals surface area contributed by atoms with Crippen molar-refractivity contribution in [2.75, 3.05) is 26.4 Å². The molecule has 2 unspecified atom stereocenters. The van der Waals surface area contributed by atoms with Gasteiger partial charge in [0.05, 0.1) is 13.2 Å². The molecule has 0 radical (unpaired) electrons. The molecule has 98 valence electrons. The van der Waals surface area contributed by atoms with Crippen LogP contribution >= 0.6 is 0 Å². The Morgan fingerprint density at radius 1 is 0.944 bits per heavy atom. The Morgan fingerprint density at radius 3 is 1.78 bits per heavy atom. The van der Waals surface area contributed by atoms with E-state index in [1.807, 2.05) is 19.9 Å². The summed E-state index contributed by atoms with van der Waals surface area (Å²) < 4.78 is 21.8. The van der Waals surface area contributed by atoms with Gasteiger partial charge in [0.1, 0.15) is 36.9 Å². The Morgan fingerprint density at radius 2 is 1.39 bits per heavy atom. The Labute approximate surface area is 107 Å². The van der Waals surface area contributed by atoms with Crippen LogP contribution in [0.25, 0.3) is 0 Å². The number of aryl methyl sites for hydroxylation is 2. The van der Waals surface area contributed by atoms with Crippen molar-refractivity contribution in [3.63, 3.8) is 0 Å². The van der Waals surface area contributed by atoms with Crippen molar-refractivity contribution in [2.45, 2.75) is 26.1 Å². The van der Waals surface area contributed by atoms with Gasteiger partial charge in [-0.15, -0.1) is 0 Å². The molecule has 4 heteroatoms. The van der Waals surface area contributed by atoms with Gasteiger partial charge in [0.15, 0.2) is 0 Å². The maximum atomic E-state index is 5.74. The topological polar surface area (TPSA) is 43.5 Å². The molecule has 2 atom stereocenters. The summed E-state index contributed by atoms with van der Waals surface area (Å²) in [5, 5.41) is 0. The number of rotatable bonds is 6. The third-order valence-electron chi connectivity index (χ3n) is 3.13. The molecule has 3 rings (SSSR count). The molecule has 0 aliphatic carbocycles. The van der Waals surface area contributed by atoms with Crippen LogP contribution in [0.5, 0.6) is 11.5 Å². The van der Waals surface area contributed by atoms with Gasteiger partial charge in [-0.3, -0.25) is 0 Å². The van der Waals surface area contributed by atoms with Gasteiger partial charge in [-0.25, -0.2) is 0 Å². The Bertz CT molecular complexity index is 398. The van der Waals surface area contributed by atoms with Crippen LogP contribution in [0.1, 0.15) is 11.1 Å². The fourth-order valence-corrected chi connectivity index (χ4v) is 1.82. The largest absolute Gasteiger partial charge is 0.490 e. The molecule has 0 bridgehead atoms. The minimum Gasteiger partial charge on any atom is -0.490 e. The Kier molecular flexibility index (Phi) is 3.14. The van der Waals surface area contributed by atoms with Crippen molar-refractivity contribution in [3.8, 4) is 11.5 Å². The smallest absolute Gasteiger partial charge is 0.126 e. The van der Waals surface area contributed by atoms with E-state index >= 15 is 0 Å². The quantitative estimate of drug-likeness (QED) is 0.723. The first-order valence-corrected chi connectivity index (χ1v) is 6.32. The highest BCUT2D eigenvalue weighted by atomic mass is 16.6. The van der Waals surface area contributed by atoms with Crippen LogP contribution in [0.15, 0.2) is 12.1 Å². The fraction of sp³-hybridized carbons (Fsp3) is 0.571. The van der Waals surface area contributed by atoms with Gasteiger partial charge >= 0.3 is 0 Å². The summed E-state index contributed by atoms with van der Waals surface area (Å²) >= 11 is 0. The molecule has 2 heterocycles. The van der Waals surface area contributed by atoms with E-state index in [9.17, 15) is 0 Å². The van der Waals surface area contributed by atoms with Crippen LogP contribution < -0.4 is 9.47 Å². The molecule has 2 aliphatic rings. The van der Waals surface area contributed by atoms with Crippen LogP contribution in [0.2, 0.25) is 0 Å². The second-order valence-corrected chi connectivity index (χ2v) is 4.92. The molecule has 18 heavy (non-hydrogen) atoms. The van der Waals surface area contributed by atoms with E-state index in [1.54, 1.807) is 0 Å². The lowest BCUT2D eigenvalue weighted by Crippen LogP contribution is -2.08. The van der Waals surface area contributed by atoms with Crippen LogP contribution in [0.3, 0.4) is 0 Å². The number of ether oxygens (including phenoxy) is 4. The van der Waals surface area contributed by atoms with Crippen LogP contribution in [-0.4, -0.2) is 38.6 Å². The van der Waals surface area contributed by atoms with Crippen LogP contribution in [0.4, 0.5) is 0 Å². The van der Waals surface area contributed by atoms with E-state index in [1.165, 1.54) is 0 Å². The van der Waals surface area contributed by atoms with Gasteiger partial charge in [-0.05, 0) is 31.0 Å². The van der Waals surface area contributed by atoms with Crippen molar-refractivity contribution >= 4 is 0 Å². The average Bonchev–Trinajstić information content (AvgIpc) is 3.21. The summed E-state index contributed by atoms with van der Waals surface area (Å²) in [7, 11) is 0. The van der Waals surface area contributed by atoms with Gasteiger partial charge in [-0.2, -0.15) is 0 Å². The van der Waals surface area contributed by atoms with Crippen LogP contribution in [-0.2, 0) is 9.47 Å². The molecule has 1 aromatic rings. The lowest BCUT2D eigenvalue weighted by Gasteiger charge is -2.13. The molecule has 0 spiro atoms. The van der Waals surface area contributed by atoms with Crippen LogP contribution in [0, 0.1) is 13.8 Å². The predicted octanol–water partition coefficient (Wildman–Crippen LogP) is 1.86. The summed E-state index contributed by atoms with van der Waals surface area (Å²) in [6, 6.07) is 4.06. The number of hydrogen-bond acceptors (Lipinski definition) is 4. The average molecular weight is 250 g/mol. The van der Waals surface area contributed by atoms with E-state index in [2.05, 4.69) is 6.07 Å². The third kappa shape index (κ3) is 2.94. The molecule has 1 aromatic carbocycles. The second-order valence-electron chi connectivity index (χ2n) is 4.92. The summed E-state index contributed by atoms with van der Waals surface area (Å²) in [5.41, 5.74) is 2.26. The first-order chi connectivity index (χ1) is 8.72. The van der Waals surface area contributed by atoms with Crippen molar-refractivity contribution in [1.82, 2.24) is 0 Å². The Hall–Kier alpha value is -1.26. The maximum absolute atomic E-state index is 5.74. The summed E-state index contributed by atoms with van der Waals surface area (Å²) in [6.45, 7) is 6.96. The lowest BCUT2D eigenvalue weighted by molar-refractivity contribution is 0.250. The number of hydrogen-bond donors (Lipinski definition) is 0. The molecule has 2 aliphatic heterocycles. The van der Waals surface area contributed by atoms with Crippen molar-refractivity contribution in [1.29, 1.82) is 0 Å².